The summed E-state index contributed by atoms with van der Waals surface area (Å²) in [4.78, 5) is 22.8. The number of ketones is 1. The van der Waals surface area contributed by atoms with Crippen LogP contribution in [0, 0.1) is 28.4 Å². The molecule has 3 rings (SSSR count). The van der Waals surface area contributed by atoms with Gasteiger partial charge in [0.25, 0.3) is 5.69 Å². The number of hydrogen-bond acceptors (Lipinski definition) is 5. The Balaban J connectivity index is 1.66. The zero-order chi connectivity index (χ0) is 20.1. The second-order valence-electron chi connectivity index (χ2n) is 6.18. The maximum absolute atomic E-state index is 12.3. The Hall–Kier alpha value is -3.98. The average Bonchev–Trinajstić information content (AvgIpc) is 2.72. The zero-order valence-electron chi connectivity index (χ0n) is 15.1. The highest BCUT2D eigenvalue weighted by molar-refractivity contribution is 5.98. The molecule has 28 heavy (non-hydrogen) atoms. The van der Waals surface area contributed by atoms with E-state index >= 15 is 0 Å². The van der Waals surface area contributed by atoms with Crippen LogP contribution < -0.4 is 4.74 Å². The van der Waals surface area contributed by atoms with Crippen LogP contribution in [0.25, 0.3) is 11.1 Å². The van der Waals surface area contributed by atoms with Crippen molar-refractivity contribution in [1.82, 2.24) is 0 Å². The molecular formula is C22H16N2O4. The van der Waals surface area contributed by atoms with Gasteiger partial charge in [0.05, 0.1) is 16.6 Å². The molecule has 138 valence electrons. The first kappa shape index (κ1) is 18.8. The van der Waals surface area contributed by atoms with Crippen molar-refractivity contribution in [3.05, 3.63) is 93.5 Å². The van der Waals surface area contributed by atoms with Crippen LogP contribution in [0.3, 0.4) is 0 Å². The van der Waals surface area contributed by atoms with Gasteiger partial charge in [0.1, 0.15) is 5.75 Å². The molecule has 0 amide bonds. The fourth-order valence-corrected chi connectivity index (χ4v) is 2.69. The lowest BCUT2D eigenvalue weighted by Crippen LogP contribution is -2.12. The van der Waals surface area contributed by atoms with Gasteiger partial charge in [0.15, 0.2) is 12.4 Å². The van der Waals surface area contributed by atoms with Gasteiger partial charge in [-0.25, -0.2) is 0 Å². The van der Waals surface area contributed by atoms with E-state index in [4.69, 9.17) is 10.00 Å². The van der Waals surface area contributed by atoms with Crippen molar-refractivity contribution >= 4 is 11.5 Å². The van der Waals surface area contributed by atoms with Crippen molar-refractivity contribution in [2.45, 2.75) is 6.92 Å². The van der Waals surface area contributed by atoms with E-state index in [9.17, 15) is 14.9 Å². The maximum atomic E-state index is 12.3. The fraction of sp³-hybridized carbons (Fsp3) is 0.0909. The first-order chi connectivity index (χ1) is 13.5. The Morgan fingerprint density at radius 3 is 2.21 bits per heavy atom. The van der Waals surface area contributed by atoms with E-state index in [1.165, 1.54) is 6.07 Å². The molecular weight excluding hydrogens is 356 g/mol. The summed E-state index contributed by atoms with van der Waals surface area (Å²) in [5, 5.41) is 19.9. The van der Waals surface area contributed by atoms with Crippen molar-refractivity contribution < 1.29 is 14.5 Å². The Kier molecular flexibility index (Phi) is 5.47. The molecule has 0 fully saturated rings. The van der Waals surface area contributed by atoms with E-state index < -0.39 is 4.92 Å². The highest BCUT2D eigenvalue weighted by Gasteiger charge is 2.15. The minimum atomic E-state index is -0.505. The summed E-state index contributed by atoms with van der Waals surface area (Å²) in [5.74, 6) is 0.187. The highest BCUT2D eigenvalue weighted by atomic mass is 16.6. The maximum Gasteiger partial charge on any atom is 0.273 e. The van der Waals surface area contributed by atoms with Gasteiger partial charge >= 0.3 is 0 Å². The van der Waals surface area contributed by atoms with Gasteiger partial charge in [0, 0.05) is 17.2 Å². The molecule has 0 heterocycles. The molecule has 0 atom stereocenters. The Morgan fingerprint density at radius 1 is 1.04 bits per heavy atom. The summed E-state index contributed by atoms with van der Waals surface area (Å²) in [6.45, 7) is 1.41. The van der Waals surface area contributed by atoms with Crippen molar-refractivity contribution in [2.75, 3.05) is 6.61 Å². The van der Waals surface area contributed by atoms with Crippen molar-refractivity contribution in [2.24, 2.45) is 0 Å². The van der Waals surface area contributed by atoms with Crippen molar-refractivity contribution in [3.63, 3.8) is 0 Å². The number of nitro groups is 1. The Bertz CT molecular complexity index is 1070. The minimum absolute atomic E-state index is 0.0855. The molecule has 0 spiro atoms. The van der Waals surface area contributed by atoms with Crippen molar-refractivity contribution in [1.29, 1.82) is 5.26 Å². The predicted molar refractivity (Wildman–Crippen MR) is 104 cm³/mol. The second kappa shape index (κ2) is 8.14. The third-order valence-corrected chi connectivity index (χ3v) is 4.30. The molecule has 3 aromatic rings. The summed E-state index contributed by atoms with van der Waals surface area (Å²) in [6, 6.07) is 20.9. The fourth-order valence-electron chi connectivity index (χ4n) is 2.69. The lowest BCUT2D eigenvalue weighted by atomic mass is 10.0. The van der Waals surface area contributed by atoms with E-state index in [0.29, 0.717) is 16.9 Å². The molecule has 0 saturated carbocycles. The highest BCUT2D eigenvalue weighted by Crippen LogP contribution is 2.23. The molecule has 0 N–H and O–H groups in total. The van der Waals surface area contributed by atoms with Gasteiger partial charge in [-0.2, -0.15) is 5.26 Å². The summed E-state index contributed by atoms with van der Waals surface area (Å²) in [5.41, 5.74) is 3.18. The lowest BCUT2D eigenvalue weighted by molar-refractivity contribution is -0.385. The third-order valence-electron chi connectivity index (χ3n) is 4.30. The van der Waals surface area contributed by atoms with Crippen LogP contribution in [-0.4, -0.2) is 17.3 Å². The van der Waals surface area contributed by atoms with Crippen LogP contribution in [0.4, 0.5) is 5.69 Å². The van der Waals surface area contributed by atoms with E-state index in [1.54, 1.807) is 43.3 Å². The first-order valence-corrected chi connectivity index (χ1v) is 8.49. The smallest absolute Gasteiger partial charge is 0.273 e. The topological polar surface area (TPSA) is 93.2 Å². The number of hydrogen-bond donors (Lipinski definition) is 0. The summed E-state index contributed by atoms with van der Waals surface area (Å²) in [6.07, 6.45) is 0. The van der Waals surface area contributed by atoms with E-state index in [0.717, 1.165) is 11.1 Å². The van der Waals surface area contributed by atoms with Crippen LogP contribution in [0.15, 0.2) is 66.7 Å². The van der Waals surface area contributed by atoms with E-state index in [1.807, 2.05) is 24.3 Å². The molecule has 6 nitrogen and oxygen atoms in total. The van der Waals surface area contributed by atoms with Crippen LogP contribution in [0.1, 0.15) is 21.5 Å². The molecule has 0 radical (unpaired) electrons. The van der Waals surface area contributed by atoms with Gasteiger partial charge in [-0.1, -0.05) is 36.4 Å². The summed E-state index contributed by atoms with van der Waals surface area (Å²) < 4.78 is 5.52. The molecule has 0 aliphatic carbocycles. The second-order valence-corrected chi connectivity index (χ2v) is 6.18. The number of rotatable bonds is 6. The summed E-state index contributed by atoms with van der Waals surface area (Å²) >= 11 is 0. The Labute approximate surface area is 161 Å². The number of nitro benzene ring substituents is 1. The van der Waals surface area contributed by atoms with Gasteiger partial charge in [-0.15, -0.1) is 0 Å². The number of carbonyl (C=O) groups excluding carboxylic acids is 1. The predicted octanol–water partition coefficient (Wildman–Crippen LogP) is 4.70. The average molecular weight is 372 g/mol. The quantitative estimate of drug-likeness (QED) is 0.355. The Morgan fingerprint density at radius 2 is 1.64 bits per heavy atom. The number of Topliss-reactive ketones (excluding diaryl/α,β-unsaturated/α-hetero) is 1. The van der Waals surface area contributed by atoms with Gasteiger partial charge in [-0.05, 0) is 42.3 Å². The zero-order valence-corrected chi connectivity index (χ0v) is 15.1. The molecule has 0 aliphatic rings. The summed E-state index contributed by atoms with van der Waals surface area (Å²) in [7, 11) is 0. The molecule has 0 bridgehead atoms. The van der Waals surface area contributed by atoms with Gasteiger partial charge in [0.2, 0.25) is 0 Å². The molecule has 0 saturated heterocycles. The number of carbonyl (C=O) groups is 1. The minimum Gasteiger partial charge on any atom is -0.485 e. The molecule has 3 aromatic carbocycles. The molecule has 6 heteroatoms. The van der Waals surface area contributed by atoms with Gasteiger partial charge in [-0.3, -0.25) is 14.9 Å². The standard InChI is InChI=1S/C22H16N2O4/c1-15-2-5-19(12-21(15)24(26)27)22(25)14-28-20-10-8-18(9-11-20)17-6-3-16(13-23)4-7-17/h2-12H,14H2,1H3. The lowest BCUT2D eigenvalue weighted by Gasteiger charge is -2.08. The van der Waals surface area contributed by atoms with E-state index in [2.05, 4.69) is 6.07 Å². The van der Waals surface area contributed by atoms with Gasteiger partial charge < -0.3 is 4.74 Å². The number of aryl methyl sites for hydroxylation is 1. The number of ether oxygens (including phenoxy) is 1. The number of benzene rings is 3. The molecule has 0 unspecified atom stereocenters. The van der Waals surface area contributed by atoms with E-state index in [-0.39, 0.29) is 23.6 Å². The normalized spacial score (nSPS) is 10.1. The van der Waals surface area contributed by atoms with Crippen LogP contribution in [-0.2, 0) is 0 Å². The van der Waals surface area contributed by atoms with Crippen molar-refractivity contribution in [3.8, 4) is 22.9 Å². The molecule has 0 aliphatic heterocycles. The first-order valence-electron chi connectivity index (χ1n) is 8.49. The van der Waals surface area contributed by atoms with Crippen LogP contribution in [0.2, 0.25) is 0 Å². The van der Waals surface area contributed by atoms with Crippen LogP contribution >= 0.6 is 0 Å². The number of nitriles is 1. The third kappa shape index (κ3) is 4.22. The molecule has 0 aromatic heterocycles. The number of nitrogens with zero attached hydrogens (tertiary/aromatic N) is 2. The van der Waals surface area contributed by atoms with Crippen LogP contribution in [0.5, 0.6) is 5.75 Å². The monoisotopic (exact) mass is 372 g/mol. The largest absolute Gasteiger partial charge is 0.485 e. The SMILES string of the molecule is Cc1ccc(C(=O)COc2ccc(-c3ccc(C#N)cc3)cc2)cc1[N+](=O)[O-].